The summed E-state index contributed by atoms with van der Waals surface area (Å²) in [5.74, 6) is 2.52. The van der Waals surface area contributed by atoms with Crippen molar-refractivity contribution in [2.45, 2.75) is 19.3 Å². The Bertz CT molecular complexity index is 3130. The topological polar surface area (TPSA) is 64.7 Å². The molecule has 0 unspecified atom stereocenters. The Labute approximate surface area is 311 Å². The van der Waals surface area contributed by atoms with Gasteiger partial charge in [0.25, 0.3) is 0 Å². The molecule has 1 aliphatic rings. The summed E-state index contributed by atoms with van der Waals surface area (Å²) in [5.41, 5.74) is 10.4. The molecule has 2 heterocycles. The van der Waals surface area contributed by atoms with Gasteiger partial charge in [-0.2, -0.15) is 0 Å². The monoisotopic (exact) mass is 692 g/mol. The van der Waals surface area contributed by atoms with Crippen LogP contribution in [0.2, 0.25) is 0 Å². The lowest BCUT2D eigenvalue weighted by molar-refractivity contribution is 0.623. The summed E-state index contributed by atoms with van der Waals surface area (Å²) >= 11 is 0. The molecule has 0 atom stereocenters. The number of rotatable bonds is 4. The molecule has 0 saturated carbocycles. The van der Waals surface area contributed by atoms with E-state index in [1.165, 1.54) is 22.3 Å². The van der Waals surface area contributed by atoms with Crippen molar-refractivity contribution in [2.75, 3.05) is 0 Å². The first-order valence-electron chi connectivity index (χ1n) is 18.3. The number of oxazole rings is 1. The minimum Gasteiger partial charge on any atom is -0.435 e. The minimum absolute atomic E-state index is 0.143. The first-order chi connectivity index (χ1) is 26.5. The molecule has 0 N–H and O–H groups in total. The Morgan fingerprint density at radius 3 is 1.87 bits per heavy atom. The van der Waals surface area contributed by atoms with E-state index in [1.54, 1.807) is 0 Å². The zero-order chi connectivity index (χ0) is 36.0. The van der Waals surface area contributed by atoms with Crippen molar-refractivity contribution in [1.82, 2.24) is 19.9 Å². The lowest BCUT2D eigenvalue weighted by Crippen LogP contribution is -2.15. The molecular formula is C49H32N4O. The third-order valence-corrected chi connectivity index (χ3v) is 11.1. The van der Waals surface area contributed by atoms with Crippen molar-refractivity contribution < 1.29 is 4.42 Å². The first kappa shape index (κ1) is 30.6. The van der Waals surface area contributed by atoms with Crippen molar-refractivity contribution in [3.8, 4) is 56.7 Å². The minimum atomic E-state index is -0.143. The molecule has 0 saturated heterocycles. The van der Waals surface area contributed by atoms with E-state index in [9.17, 15) is 0 Å². The van der Waals surface area contributed by atoms with E-state index in [0.29, 0.717) is 23.4 Å². The highest BCUT2D eigenvalue weighted by Gasteiger charge is 2.35. The van der Waals surface area contributed by atoms with Gasteiger partial charge in [-0.05, 0) is 68.1 Å². The zero-order valence-electron chi connectivity index (χ0n) is 29.7. The number of benzene rings is 8. The highest BCUT2D eigenvalue weighted by Crippen LogP contribution is 2.49. The summed E-state index contributed by atoms with van der Waals surface area (Å²) in [6.45, 7) is 4.60. The molecule has 10 aromatic rings. The number of hydrogen-bond donors (Lipinski definition) is 0. The van der Waals surface area contributed by atoms with Gasteiger partial charge in [0.05, 0.1) is 0 Å². The summed E-state index contributed by atoms with van der Waals surface area (Å²) in [6.07, 6.45) is 0. The summed E-state index contributed by atoms with van der Waals surface area (Å²) in [5, 5.41) is 6.54. The molecular weight excluding hydrogens is 661 g/mol. The molecule has 11 rings (SSSR count). The normalized spacial score (nSPS) is 13.1. The molecule has 254 valence electrons. The van der Waals surface area contributed by atoms with Crippen molar-refractivity contribution >= 4 is 43.4 Å². The molecule has 54 heavy (non-hydrogen) atoms. The van der Waals surface area contributed by atoms with Gasteiger partial charge in [-0.1, -0.05) is 147 Å². The molecule has 5 heteroatoms. The fourth-order valence-electron chi connectivity index (χ4n) is 8.46. The molecule has 5 nitrogen and oxygen atoms in total. The molecule has 0 bridgehead atoms. The Kier molecular flexibility index (Phi) is 6.53. The molecule has 0 spiro atoms. The first-order valence-corrected chi connectivity index (χ1v) is 18.3. The van der Waals surface area contributed by atoms with E-state index in [0.717, 1.165) is 65.7 Å². The van der Waals surface area contributed by atoms with Crippen LogP contribution >= 0.6 is 0 Å². The average Bonchev–Trinajstić information content (AvgIpc) is 3.77. The second-order valence-electron chi connectivity index (χ2n) is 14.6. The number of fused-ring (bicyclic) bond motifs is 10. The van der Waals surface area contributed by atoms with Crippen LogP contribution in [-0.2, 0) is 5.41 Å². The molecule has 1 aliphatic carbocycles. The summed E-state index contributed by atoms with van der Waals surface area (Å²) < 4.78 is 6.59. The van der Waals surface area contributed by atoms with Crippen molar-refractivity contribution in [2.24, 2.45) is 0 Å². The van der Waals surface area contributed by atoms with Gasteiger partial charge in [-0.15, -0.1) is 0 Å². The fraction of sp³-hybridized carbons (Fsp3) is 0.0612. The van der Waals surface area contributed by atoms with Gasteiger partial charge >= 0.3 is 0 Å². The van der Waals surface area contributed by atoms with Crippen LogP contribution < -0.4 is 0 Å². The Hall–Kier alpha value is -6.98. The number of nitrogens with zero attached hydrogens (tertiary/aromatic N) is 4. The van der Waals surface area contributed by atoms with Gasteiger partial charge in [0.15, 0.2) is 23.1 Å². The van der Waals surface area contributed by atoms with Gasteiger partial charge in [-0.25, -0.2) is 19.9 Å². The lowest BCUT2D eigenvalue weighted by Gasteiger charge is -2.21. The molecule has 0 aliphatic heterocycles. The van der Waals surface area contributed by atoms with E-state index in [1.807, 2.05) is 54.6 Å². The highest BCUT2D eigenvalue weighted by molar-refractivity contribution is 6.27. The third-order valence-electron chi connectivity index (χ3n) is 11.1. The van der Waals surface area contributed by atoms with Crippen molar-refractivity contribution in [3.63, 3.8) is 0 Å². The molecule has 8 aromatic carbocycles. The average molecular weight is 693 g/mol. The van der Waals surface area contributed by atoms with E-state index >= 15 is 0 Å². The van der Waals surface area contributed by atoms with Gasteiger partial charge < -0.3 is 4.42 Å². The maximum atomic E-state index is 6.59. The van der Waals surface area contributed by atoms with Crippen LogP contribution in [0.25, 0.3) is 100 Å². The van der Waals surface area contributed by atoms with Crippen LogP contribution in [0.1, 0.15) is 25.0 Å². The van der Waals surface area contributed by atoms with Crippen LogP contribution in [0.5, 0.6) is 0 Å². The Morgan fingerprint density at radius 1 is 0.426 bits per heavy atom. The van der Waals surface area contributed by atoms with E-state index in [4.69, 9.17) is 24.4 Å². The van der Waals surface area contributed by atoms with E-state index < -0.39 is 0 Å². The third kappa shape index (κ3) is 4.58. The van der Waals surface area contributed by atoms with Crippen LogP contribution in [-0.4, -0.2) is 19.9 Å². The smallest absolute Gasteiger partial charge is 0.227 e. The number of hydrogen-bond acceptors (Lipinski definition) is 5. The molecule has 2 aromatic heterocycles. The maximum Gasteiger partial charge on any atom is 0.227 e. The highest BCUT2D eigenvalue weighted by atomic mass is 16.3. The van der Waals surface area contributed by atoms with Gasteiger partial charge in [-0.3, -0.25) is 0 Å². The molecule has 0 radical (unpaired) electrons. The van der Waals surface area contributed by atoms with E-state index in [2.05, 4.69) is 117 Å². The summed E-state index contributed by atoms with van der Waals surface area (Å²) in [7, 11) is 0. The van der Waals surface area contributed by atoms with Crippen molar-refractivity contribution in [3.05, 3.63) is 169 Å². The summed E-state index contributed by atoms with van der Waals surface area (Å²) in [6, 6.07) is 54.9. The van der Waals surface area contributed by atoms with Crippen LogP contribution in [0.15, 0.2) is 162 Å². The van der Waals surface area contributed by atoms with E-state index in [-0.39, 0.29) is 5.41 Å². The Balaban J connectivity index is 1.14. The quantitative estimate of drug-likeness (QED) is 0.172. The van der Waals surface area contributed by atoms with Gasteiger partial charge in [0.2, 0.25) is 5.89 Å². The SMILES string of the molecule is CC1(C)c2ccccc2-c2ccc(-c3nc(-c4ccccc4)nc(-c4cccc5c4ccc4ccc6ccc7nc(-c8ccccc8)oc7c6c45)n3)cc21. The predicted octanol–water partition coefficient (Wildman–Crippen LogP) is 12.4. The molecule has 0 fully saturated rings. The lowest BCUT2D eigenvalue weighted by atomic mass is 9.82. The number of aromatic nitrogens is 4. The Morgan fingerprint density at radius 2 is 1.06 bits per heavy atom. The predicted molar refractivity (Wildman–Crippen MR) is 219 cm³/mol. The van der Waals surface area contributed by atoms with Gasteiger partial charge in [0.1, 0.15) is 5.52 Å². The van der Waals surface area contributed by atoms with Crippen LogP contribution in [0, 0.1) is 0 Å². The largest absolute Gasteiger partial charge is 0.435 e. The second-order valence-corrected chi connectivity index (χ2v) is 14.6. The second kappa shape index (κ2) is 11.5. The standard InChI is InChI=1S/C49H32N4O/c1-49(2)39-19-10-9-16-35(39)36-26-23-33(28-40(36)49)46-51-45(31-12-5-3-6-13-31)52-47(53-46)38-18-11-17-37-34(38)25-22-29-20-21-30-24-27-41-44(43(30)42(29)37)54-48(50-41)32-14-7-4-8-15-32/h3-28H,1-2H3. The van der Waals surface area contributed by atoms with Crippen LogP contribution in [0.4, 0.5) is 0 Å². The maximum absolute atomic E-state index is 6.59. The fourth-order valence-corrected chi connectivity index (χ4v) is 8.46. The summed E-state index contributed by atoms with van der Waals surface area (Å²) in [4.78, 5) is 20.4. The van der Waals surface area contributed by atoms with Crippen molar-refractivity contribution in [1.29, 1.82) is 0 Å². The zero-order valence-corrected chi connectivity index (χ0v) is 29.7. The molecule has 0 amide bonds. The van der Waals surface area contributed by atoms with Gasteiger partial charge in [0, 0.05) is 38.4 Å². The van der Waals surface area contributed by atoms with Crippen LogP contribution in [0.3, 0.4) is 0 Å².